The molecular weight excluding hydrogens is 396 g/mol. The van der Waals surface area contributed by atoms with Crippen molar-refractivity contribution in [1.29, 1.82) is 0 Å². The fourth-order valence-electron chi connectivity index (χ4n) is 4.34. The predicted molar refractivity (Wildman–Crippen MR) is 102 cm³/mol. The molecule has 2 amide bonds. The number of amides is 2. The van der Waals surface area contributed by atoms with Gasteiger partial charge >= 0.3 is 0 Å². The number of hydrogen-bond acceptors (Lipinski definition) is 3. The monoisotopic (exact) mass is 410 g/mol. The zero-order valence-corrected chi connectivity index (χ0v) is 15.6. The van der Waals surface area contributed by atoms with Crippen LogP contribution in [0.3, 0.4) is 0 Å². The number of hydrogen-bond donors (Lipinski definition) is 2. The highest BCUT2D eigenvalue weighted by molar-refractivity contribution is 9.10. The van der Waals surface area contributed by atoms with E-state index in [0.717, 1.165) is 52.2 Å². The molecular formula is C20H15BrN2O3. The maximum atomic E-state index is 12.5. The van der Waals surface area contributed by atoms with Crippen LogP contribution in [-0.4, -0.2) is 27.4 Å². The molecule has 2 heterocycles. The minimum atomic E-state index is -0.351. The molecule has 5 nitrogen and oxygen atoms in total. The first-order valence-electron chi connectivity index (χ1n) is 8.64. The highest BCUT2D eigenvalue weighted by Crippen LogP contribution is 2.41. The number of carbonyl (C=O) groups excluding carboxylic acids is 3. The highest BCUT2D eigenvalue weighted by atomic mass is 79.9. The molecule has 2 N–H and O–H groups in total. The second-order valence-corrected chi connectivity index (χ2v) is 8.33. The lowest BCUT2D eigenvalue weighted by Crippen LogP contribution is -2.20. The van der Waals surface area contributed by atoms with Gasteiger partial charge in [0.25, 0.3) is 11.8 Å². The first-order chi connectivity index (χ1) is 12.5. The first-order valence-corrected chi connectivity index (χ1v) is 9.56. The number of alkyl halides is 1. The Kier molecular flexibility index (Phi) is 3.19. The Bertz CT molecular complexity index is 1170. The molecule has 130 valence electrons. The standard InChI is InChI=1S/C20H15BrN2O3/c1-8(21)18(24)9-5-6-13-12(7-9)14-16-15(19(25)23-20(16)26)10-3-2-4-11(10)17(14)22-13/h5-8,22H,2-4H2,1H3,(H,23,25,26). The van der Waals surface area contributed by atoms with Crippen molar-refractivity contribution in [2.45, 2.75) is 31.0 Å². The number of rotatable bonds is 2. The number of fused-ring (bicyclic) bond motifs is 8. The summed E-state index contributed by atoms with van der Waals surface area (Å²) in [6.07, 6.45) is 2.68. The van der Waals surface area contributed by atoms with Gasteiger partial charge in [-0.15, -0.1) is 0 Å². The number of aromatic nitrogens is 1. The first kappa shape index (κ1) is 15.8. The molecule has 0 fully saturated rings. The molecule has 1 atom stereocenters. The van der Waals surface area contributed by atoms with E-state index in [-0.39, 0.29) is 22.4 Å². The van der Waals surface area contributed by atoms with Gasteiger partial charge in [0.1, 0.15) is 0 Å². The fraction of sp³-hybridized carbons (Fsp3) is 0.250. The van der Waals surface area contributed by atoms with Crippen LogP contribution in [0.1, 0.15) is 55.5 Å². The van der Waals surface area contributed by atoms with Crippen molar-refractivity contribution in [2.75, 3.05) is 0 Å². The lowest BCUT2D eigenvalue weighted by Gasteiger charge is -2.08. The van der Waals surface area contributed by atoms with Crippen LogP contribution >= 0.6 is 15.9 Å². The molecule has 0 spiro atoms. The Morgan fingerprint density at radius 2 is 1.85 bits per heavy atom. The number of H-pyrrole nitrogens is 1. The third-order valence-corrected chi connectivity index (χ3v) is 5.86. The van der Waals surface area contributed by atoms with Crippen molar-refractivity contribution in [3.05, 3.63) is 46.0 Å². The summed E-state index contributed by atoms with van der Waals surface area (Å²) in [5, 5.41) is 4.02. The Hall–Kier alpha value is -2.47. The minimum absolute atomic E-state index is 0.0143. The number of imide groups is 1. The van der Waals surface area contributed by atoms with Crippen LogP contribution in [0.25, 0.3) is 21.8 Å². The predicted octanol–water partition coefficient (Wildman–Crippen LogP) is 3.66. The summed E-state index contributed by atoms with van der Waals surface area (Å²) in [6, 6.07) is 5.50. The van der Waals surface area contributed by atoms with E-state index >= 15 is 0 Å². The average Bonchev–Trinajstić information content (AvgIpc) is 3.28. The number of ketones is 1. The summed E-state index contributed by atoms with van der Waals surface area (Å²) >= 11 is 3.32. The number of halogens is 1. The summed E-state index contributed by atoms with van der Waals surface area (Å²) in [6.45, 7) is 1.79. The molecule has 2 aliphatic rings. The lowest BCUT2D eigenvalue weighted by atomic mass is 9.93. The molecule has 6 heteroatoms. The molecule has 2 aromatic carbocycles. The third kappa shape index (κ3) is 1.93. The highest BCUT2D eigenvalue weighted by Gasteiger charge is 2.36. The van der Waals surface area contributed by atoms with Crippen LogP contribution in [-0.2, 0) is 12.8 Å². The van der Waals surface area contributed by atoms with Crippen molar-refractivity contribution in [1.82, 2.24) is 10.3 Å². The van der Waals surface area contributed by atoms with Gasteiger partial charge in [-0.2, -0.15) is 0 Å². The maximum absolute atomic E-state index is 12.5. The van der Waals surface area contributed by atoms with Crippen molar-refractivity contribution in [2.24, 2.45) is 0 Å². The summed E-state index contributed by atoms with van der Waals surface area (Å²) in [5.41, 5.74) is 5.48. The molecule has 1 aliphatic carbocycles. The lowest BCUT2D eigenvalue weighted by molar-refractivity contribution is 0.0879. The van der Waals surface area contributed by atoms with E-state index in [1.807, 2.05) is 12.1 Å². The van der Waals surface area contributed by atoms with E-state index in [1.165, 1.54) is 0 Å². The van der Waals surface area contributed by atoms with Crippen molar-refractivity contribution < 1.29 is 14.4 Å². The number of Topliss-reactive ketones (excluding diaryl/α,β-unsaturated/α-hetero) is 1. The average molecular weight is 411 g/mol. The largest absolute Gasteiger partial charge is 0.354 e. The van der Waals surface area contributed by atoms with Crippen LogP contribution in [0.15, 0.2) is 18.2 Å². The normalized spacial score (nSPS) is 16.8. The van der Waals surface area contributed by atoms with Gasteiger partial charge in [0.05, 0.1) is 21.5 Å². The van der Waals surface area contributed by atoms with E-state index in [0.29, 0.717) is 16.7 Å². The van der Waals surface area contributed by atoms with Crippen LogP contribution < -0.4 is 5.32 Å². The summed E-state index contributed by atoms with van der Waals surface area (Å²) in [5.74, 6) is -0.670. The Balaban J connectivity index is 1.93. The van der Waals surface area contributed by atoms with Gasteiger partial charge in [-0.05, 0) is 55.5 Å². The molecule has 3 aromatic rings. The molecule has 0 saturated heterocycles. The van der Waals surface area contributed by atoms with Crippen LogP contribution in [0, 0.1) is 0 Å². The summed E-state index contributed by atoms with van der Waals surface area (Å²) in [7, 11) is 0. The van der Waals surface area contributed by atoms with E-state index in [9.17, 15) is 14.4 Å². The molecule has 0 saturated carbocycles. The molecule has 5 rings (SSSR count). The maximum Gasteiger partial charge on any atom is 0.259 e. The molecule has 26 heavy (non-hydrogen) atoms. The Labute approximate surface area is 157 Å². The Morgan fingerprint density at radius 1 is 1.12 bits per heavy atom. The van der Waals surface area contributed by atoms with E-state index in [2.05, 4.69) is 26.2 Å². The topological polar surface area (TPSA) is 79.0 Å². The molecule has 0 bridgehead atoms. The molecule has 1 unspecified atom stereocenters. The van der Waals surface area contributed by atoms with Gasteiger partial charge in [0, 0.05) is 21.9 Å². The van der Waals surface area contributed by atoms with Gasteiger partial charge in [0.2, 0.25) is 0 Å². The van der Waals surface area contributed by atoms with E-state index in [1.54, 1.807) is 13.0 Å². The second-order valence-electron chi connectivity index (χ2n) is 6.96. The third-order valence-electron chi connectivity index (χ3n) is 5.45. The van der Waals surface area contributed by atoms with Gasteiger partial charge < -0.3 is 4.98 Å². The quantitative estimate of drug-likeness (QED) is 0.384. The SMILES string of the molecule is CC(Br)C(=O)c1ccc2[nH]c3c4c(c5c(c3c2c1)C(=O)NC5=O)CCC4. The smallest absolute Gasteiger partial charge is 0.259 e. The van der Waals surface area contributed by atoms with Gasteiger partial charge in [-0.3, -0.25) is 19.7 Å². The number of carbonyl (C=O) groups is 3. The van der Waals surface area contributed by atoms with Crippen LogP contribution in [0.2, 0.25) is 0 Å². The summed E-state index contributed by atoms with van der Waals surface area (Å²) < 4.78 is 0. The molecule has 1 aliphatic heterocycles. The van der Waals surface area contributed by atoms with Crippen LogP contribution in [0.5, 0.6) is 0 Å². The van der Waals surface area contributed by atoms with E-state index in [4.69, 9.17) is 0 Å². The van der Waals surface area contributed by atoms with Crippen molar-refractivity contribution in [3.63, 3.8) is 0 Å². The minimum Gasteiger partial charge on any atom is -0.354 e. The van der Waals surface area contributed by atoms with Crippen molar-refractivity contribution >= 4 is 55.3 Å². The number of benzene rings is 2. The number of nitrogens with one attached hydrogen (secondary N) is 2. The molecule has 1 aromatic heterocycles. The van der Waals surface area contributed by atoms with Gasteiger partial charge in [-0.1, -0.05) is 15.9 Å². The zero-order valence-electron chi connectivity index (χ0n) is 14.0. The molecule has 0 radical (unpaired) electrons. The van der Waals surface area contributed by atoms with Crippen molar-refractivity contribution in [3.8, 4) is 0 Å². The van der Waals surface area contributed by atoms with E-state index < -0.39 is 0 Å². The Morgan fingerprint density at radius 3 is 2.62 bits per heavy atom. The van der Waals surface area contributed by atoms with Gasteiger partial charge in [0.15, 0.2) is 5.78 Å². The van der Waals surface area contributed by atoms with Gasteiger partial charge in [-0.25, -0.2) is 0 Å². The second kappa shape index (κ2) is 5.27. The zero-order chi connectivity index (χ0) is 18.2. The van der Waals surface area contributed by atoms with Crippen LogP contribution in [0.4, 0.5) is 0 Å². The summed E-state index contributed by atoms with van der Waals surface area (Å²) in [4.78, 5) is 40.5. The number of aromatic amines is 1. The fourth-order valence-corrected chi connectivity index (χ4v) is 4.60. The number of aryl methyl sites for hydroxylation is 1.